The summed E-state index contributed by atoms with van der Waals surface area (Å²) in [6.07, 6.45) is 5.35. The summed E-state index contributed by atoms with van der Waals surface area (Å²) >= 11 is 1.39. The molecule has 0 unspecified atom stereocenters. The fraction of sp³-hybridized carbons (Fsp3) is 0.438. The van der Waals surface area contributed by atoms with Gasteiger partial charge in [0.25, 0.3) is 0 Å². The summed E-state index contributed by atoms with van der Waals surface area (Å²) < 4.78 is 1.77. The average molecular weight is 349 g/mol. The Morgan fingerprint density at radius 1 is 1.46 bits per heavy atom. The standard InChI is InChI=1S/C16H19N3O4S/c1-2-19-9-13(16(21)22)14(20)12-7-11(24-15(12)19)8-17-23-10-18-5-3-4-6-18/h7-9H,2-6,10H2,1H3,(H,21,22). The number of aryl methyl sites for hydroxylation is 1. The zero-order valence-electron chi connectivity index (χ0n) is 13.4. The van der Waals surface area contributed by atoms with Crippen LogP contribution in [0.1, 0.15) is 35.0 Å². The third kappa shape index (κ3) is 3.34. The van der Waals surface area contributed by atoms with Gasteiger partial charge in [-0.3, -0.25) is 9.69 Å². The Morgan fingerprint density at radius 3 is 2.88 bits per heavy atom. The molecule has 0 atom stereocenters. The number of carbonyl (C=O) groups is 1. The number of aromatic nitrogens is 1. The molecule has 0 aliphatic carbocycles. The van der Waals surface area contributed by atoms with Crippen molar-refractivity contribution in [2.45, 2.75) is 26.3 Å². The first-order valence-corrected chi connectivity index (χ1v) is 8.69. The van der Waals surface area contributed by atoms with E-state index in [0.29, 0.717) is 18.7 Å². The molecule has 7 nitrogen and oxygen atoms in total. The van der Waals surface area contributed by atoms with E-state index in [0.717, 1.165) is 22.8 Å². The predicted octanol–water partition coefficient (Wildman–Crippen LogP) is 2.18. The Morgan fingerprint density at radius 2 is 2.21 bits per heavy atom. The van der Waals surface area contributed by atoms with Crippen LogP contribution in [0.2, 0.25) is 0 Å². The summed E-state index contributed by atoms with van der Waals surface area (Å²) in [6, 6.07) is 1.67. The van der Waals surface area contributed by atoms with E-state index in [4.69, 9.17) is 9.94 Å². The molecular weight excluding hydrogens is 330 g/mol. The van der Waals surface area contributed by atoms with Crippen LogP contribution in [0, 0.1) is 0 Å². The minimum absolute atomic E-state index is 0.212. The van der Waals surface area contributed by atoms with Crippen molar-refractivity contribution in [3.63, 3.8) is 0 Å². The molecule has 2 aromatic rings. The first kappa shape index (κ1) is 16.7. The number of likely N-dealkylation sites (tertiary alicyclic amines) is 1. The first-order valence-electron chi connectivity index (χ1n) is 7.88. The Balaban J connectivity index is 1.83. The summed E-state index contributed by atoms with van der Waals surface area (Å²) in [5.74, 6) is -1.21. The number of rotatable bonds is 6. The Kier molecular flexibility index (Phi) is 4.96. The Labute approximate surface area is 142 Å². The summed E-state index contributed by atoms with van der Waals surface area (Å²) in [6.45, 7) is 5.02. The molecule has 0 spiro atoms. The Hall–Kier alpha value is -2.19. The zero-order valence-corrected chi connectivity index (χ0v) is 14.2. The van der Waals surface area contributed by atoms with Crippen molar-refractivity contribution in [1.82, 2.24) is 9.47 Å². The fourth-order valence-electron chi connectivity index (χ4n) is 2.76. The number of thiophene rings is 1. The van der Waals surface area contributed by atoms with Gasteiger partial charge in [0, 0.05) is 25.8 Å². The van der Waals surface area contributed by atoms with Crippen LogP contribution in [0.3, 0.4) is 0 Å². The van der Waals surface area contributed by atoms with Crippen molar-refractivity contribution < 1.29 is 14.7 Å². The molecule has 1 saturated heterocycles. The molecule has 0 bridgehead atoms. The molecule has 0 radical (unpaired) electrons. The number of carboxylic acid groups (broad SMARTS) is 1. The molecule has 1 aliphatic rings. The number of oxime groups is 1. The highest BCUT2D eigenvalue weighted by molar-refractivity contribution is 7.20. The second kappa shape index (κ2) is 7.14. The topological polar surface area (TPSA) is 84.1 Å². The van der Waals surface area contributed by atoms with E-state index in [9.17, 15) is 9.59 Å². The van der Waals surface area contributed by atoms with Crippen LogP contribution in [0.15, 0.2) is 22.2 Å². The van der Waals surface area contributed by atoms with Gasteiger partial charge in [0.2, 0.25) is 5.43 Å². The molecule has 8 heteroatoms. The fourth-order valence-corrected chi connectivity index (χ4v) is 3.82. The van der Waals surface area contributed by atoms with Crippen LogP contribution in [0.25, 0.3) is 10.2 Å². The van der Waals surface area contributed by atoms with Crippen LogP contribution in [0.5, 0.6) is 0 Å². The van der Waals surface area contributed by atoms with Crippen LogP contribution in [-0.2, 0) is 11.4 Å². The summed E-state index contributed by atoms with van der Waals surface area (Å²) in [5.41, 5.74) is -0.674. The van der Waals surface area contributed by atoms with E-state index in [2.05, 4.69) is 10.1 Å². The van der Waals surface area contributed by atoms with Crippen LogP contribution in [-0.4, -0.2) is 46.6 Å². The smallest absolute Gasteiger partial charge is 0.341 e. The third-order valence-corrected chi connectivity index (χ3v) is 5.14. The van der Waals surface area contributed by atoms with Gasteiger partial charge in [-0.25, -0.2) is 4.79 Å². The average Bonchev–Trinajstić information content (AvgIpc) is 3.21. The highest BCUT2D eigenvalue weighted by Gasteiger charge is 2.16. The van der Waals surface area contributed by atoms with Gasteiger partial charge in [0.05, 0.1) is 16.5 Å². The van der Waals surface area contributed by atoms with E-state index >= 15 is 0 Å². The maximum absolute atomic E-state index is 12.3. The van der Waals surface area contributed by atoms with E-state index in [1.54, 1.807) is 16.8 Å². The molecule has 2 aromatic heterocycles. The lowest BCUT2D eigenvalue weighted by Gasteiger charge is -2.11. The van der Waals surface area contributed by atoms with Gasteiger partial charge in [0.1, 0.15) is 10.4 Å². The molecule has 3 heterocycles. The van der Waals surface area contributed by atoms with Gasteiger partial charge in [-0.1, -0.05) is 5.16 Å². The second-order valence-electron chi connectivity index (χ2n) is 5.65. The largest absolute Gasteiger partial charge is 0.477 e. The number of nitrogens with zero attached hydrogens (tertiary/aromatic N) is 3. The maximum Gasteiger partial charge on any atom is 0.341 e. The summed E-state index contributed by atoms with van der Waals surface area (Å²) in [4.78, 5) is 32.5. The van der Waals surface area contributed by atoms with Crippen molar-refractivity contribution in [3.05, 3.63) is 32.9 Å². The summed E-state index contributed by atoms with van der Waals surface area (Å²) in [7, 11) is 0. The molecule has 1 N–H and O–H groups in total. The SMILES string of the molecule is CCn1cc(C(=O)O)c(=O)c2cc(C=NOCN3CCCC3)sc21. The van der Waals surface area contributed by atoms with Gasteiger partial charge in [0.15, 0.2) is 6.73 Å². The molecule has 3 rings (SSSR count). The zero-order chi connectivity index (χ0) is 17.1. The lowest BCUT2D eigenvalue weighted by molar-refractivity contribution is 0.0473. The molecule has 1 aliphatic heterocycles. The van der Waals surface area contributed by atoms with E-state index < -0.39 is 11.4 Å². The molecule has 128 valence electrons. The molecular formula is C16H19N3O4S. The molecule has 0 saturated carbocycles. The van der Waals surface area contributed by atoms with Gasteiger partial charge in [-0.15, -0.1) is 11.3 Å². The number of hydrogen-bond acceptors (Lipinski definition) is 6. The van der Waals surface area contributed by atoms with Gasteiger partial charge < -0.3 is 14.5 Å². The number of aromatic carboxylic acids is 1. The summed E-state index contributed by atoms with van der Waals surface area (Å²) in [5, 5.41) is 13.5. The first-order chi connectivity index (χ1) is 11.6. The molecule has 0 amide bonds. The molecule has 0 aromatic carbocycles. The highest BCUT2D eigenvalue weighted by atomic mass is 32.1. The quantitative estimate of drug-likeness (QED) is 0.638. The van der Waals surface area contributed by atoms with Crippen molar-refractivity contribution in [1.29, 1.82) is 0 Å². The van der Waals surface area contributed by atoms with Crippen LogP contribution in [0.4, 0.5) is 0 Å². The minimum atomic E-state index is -1.21. The monoisotopic (exact) mass is 349 g/mol. The third-order valence-electron chi connectivity index (χ3n) is 4.03. The van der Waals surface area contributed by atoms with Crippen LogP contribution >= 0.6 is 11.3 Å². The highest BCUT2D eigenvalue weighted by Crippen LogP contribution is 2.23. The number of pyridine rings is 1. The number of hydrogen-bond donors (Lipinski definition) is 1. The maximum atomic E-state index is 12.3. The lowest BCUT2D eigenvalue weighted by Crippen LogP contribution is -2.21. The van der Waals surface area contributed by atoms with Crippen molar-refractivity contribution in [2.75, 3.05) is 19.8 Å². The van der Waals surface area contributed by atoms with Gasteiger partial charge in [-0.2, -0.15) is 0 Å². The normalized spacial score (nSPS) is 15.5. The van der Waals surface area contributed by atoms with Crippen molar-refractivity contribution in [2.24, 2.45) is 5.16 Å². The minimum Gasteiger partial charge on any atom is -0.477 e. The second-order valence-corrected chi connectivity index (χ2v) is 6.71. The van der Waals surface area contributed by atoms with Crippen molar-refractivity contribution >= 4 is 33.7 Å². The van der Waals surface area contributed by atoms with E-state index in [-0.39, 0.29) is 5.56 Å². The molecule has 1 fully saturated rings. The molecule has 24 heavy (non-hydrogen) atoms. The predicted molar refractivity (Wildman–Crippen MR) is 93.1 cm³/mol. The number of fused-ring (bicyclic) bond motifs is 1. The number of carboxylic acids is 1. The van der Waals surface area contributed by atoms with Crippen LogP contribution < -0.4 is 5.43 Å². The van der Waals surface area contributed by atoms with E-state index in [1.807, 2.05) is 6.92 Å². The van der Waals surface area contributed by atoms with Gasteiger partial charge >= 0.3 is 5.97 Å². The van der Waals surface area contributed by atoms with Gasteiger partial charge in [-0.05, 0) is 25.8 Å². The van der Waals surface area contributed by atoms with Crippen molar-refractivity contribution in [3.8, 4) is 0 Å². The Bertz CT molecular complexity index is 834. The van der Waals surface area contributed by atoms with E-state index in [1.165, 1.54) is 30.4 Å². The lowest BCUT2D eigenvalue weighted by atomic mass is 10.2.